The van der Waals surface area contributed by atoms with E-state index in [0.717, 1.165) is 5.56 Å². The summed E-state index contributed by atoms with van der Waals surface area (Å²) in [5.41, 5.74) is 7.26. The second kappa shape index (κ2) is 11.4. The summed E-state index contributed by atoms with van der Waals surface area (Å²) in [5.74, 6) is 0.0877. The van der Waals surface area contributed by atoms with E-state index < -0.39 is 24.5 Å². The molecule has 0 aliphatic heterocycles. The number of carbonyl (C=O) groups is 2. The monoisotopic (exact) mass is 429 g/mol. The fourth-order valence-electron chi connectivity index (χ4n) is 2.72. The molecule has 10 heteroatoms. The third-order valence-corrected chi connectivity index (χ3v) is 4.37. The van der Waals surface area contributed by atoms with Crippen molar-refractivity contribution in [2.24, 2.45) is 5.73 Å². The van der Waals surface area contributed by atoms with Gasteiger partial charge in [0.1, 0.15) is 11.9 Å². The maximum absolute atomic E-state index is 12.3. The fourth-order valence-corrected chi connectivity index (χ4v) is 2.72. The second-order valence-corrected chi connectivity index (χ2v) is 6.56. The minimum Gasteiger partial charge on any atom is -0.493 e. The number of anilines is 1. The molecule has 0 heterocycles. The summed E-state index contributed by atoms with van der Waals surface area (Å²) in [6.07, 6.45) is 0. The molecule has 2 amide bonds. The molecule has 0 fully saturated rings. The predicted octanol–water partition coefficient (Wildman–Crippen LogP) is 0.193. The van der Waals surface area contributed by atoms with Crippen LogP contribution in [-0.4, -0.2) is 56.2 Å². The average molecular weight is 429 g/mol. The van der Waals surface area contributed by atoms with Gasteiger partial charge in [0.05, 0.1) is 27.4 Å². The molecule has 2 aromatic carbocycles. The van der Waals surface area contributed by atoms with Gasteiger partial charge < -0.3 is 36.3 Å². The van der Waals surface area contributed by atoms with Crippen LogP contribution in [0.2, 0.25) is 0 Å². The van der Waals surface area contributed by atoms with Crippen LogP contribution < -0.4 is 31.2 Å². The van der Waals surface area contributed by atoms with Crippen molar-refractivity contribution in [2.45, 2.75) is 12.6 Å². The second-order valence-electron chi connectivity index (χ2n) is 6.56. The highest BCUT2D eigenvalue weighted by molar-refractivity contribution is 5.96. The zero-order chi connectivity index (χ0) is 22.8. The molecule has 10 nitrogen and oxygen atoms in total. The highest BCUT2D eigenvalue weighted by Gasteiger charge is 2.18. The number of hydrogen-bond donors (Lipinski definition) is 6. The van der Waals surface area contributed by atoms with Crippen LogP contribution in [0.25, 0.3) is 0 Å². The lowest BCUT2D eigenvalue weighted by atomic mass is 10.1. The lowest BCUT2D eigenvalue weighted by molar-refractivity contribution is -0.127. The summed E-state index contributed by atoms with van der Waals surface area (Å²) < 4.78 is 10.4. The van der Waals surface area contributed by atoms with Crippen molar-refractivity contribution < 1.29 is 24.2 Å². The van der Waals surface area contributed by atoms with Crippen molar-refractivity contribution in [1.29, 1.82) is 5.41 Å². The molecule has 0 aliphatic rings. The Morgan fingerprint density at radius 1 is 1.10 bits per heavy atom. The van der Waals surface area contributed by atoms with Gasteiger partial charge in [0.15, 0.2) is 11.5 Å². The molecular weight excluding hydrogens is 402 g/mol. The van der Waals surface area contributed by atoms with Gasteiger partial charge in [-0.05, 0) is 29.8 Å². The molecule has 0 aromatic heterocycles. The number of nitrogens with two attached hydrogens (primary N) is 1. The van der Waals surface area contributed by atoms with E-state index in [9.17, 15) is 14.7 Å². The average Bonchev–Trinajstić information content (AvgIpc) is 2.79. The molecule has 0 radical (unpaired) electrons. The number of amides is 2. The summed E-state index contributed by atoms with van der Waals surface area (Å²) in [5, 5.41) is 25.0. The zero-order valence-corrected chi connectivity index (χ0v) is 17.4. The van der Waals surface area contributed by atoms with Gasteiger partial charge >= 0.3 is 0 Å². The number of aliphatic hydroxyl groups excluding tert-OH is 1. The van der Waals surface area contributed by atoms with E-state index in [0.29, 0.717) is 22.7 Å². The first kappa shape index (κ1) is 23.5. The van der Waals surface area contributed by atoms with Gasteiger partial charge in [-0.3, -0.25) is 15.0 Å². The first-order chi connectivity index (χ1) is 14.9. The molecule has 0 saturated heterocycles. The number of rotatable bonds is 11. The van der Waals surface area contributed by atoms with Crippen LogP contribution in [-0.2, 0) is 16.1 Å². The van der Waals surface area contributed by atoms with Crippen LogP contribution in [0.5, 0.6) is 11.5 Å². The van der Waals surface area contributed by atoms with Crippen LogP contribution >= 0.6 is 0 Å². The summed E-state index contributed by atoms with van der Waals surface area (Å²) in [6.45, 7) is -0.490. The number of nitrogen functional groups attached to an aromatic ring is 1. The number of amidine groups is 1. The lowest BCUT2D eigenvalue weighted by Gasteiger charge is -2.18. The van der Waals surface area contributed by atoms with E-state index in [1.165, 1.54) is 14.2 Å². The molecule has 0 bridgehead atoms. The standard InChI is InChI=1S/C21H27N5O5/c1-30-17-7-6-13(8-18(17)31-2)10-24-19(28)11-25-21(29)16(12-27)26-15-5-3-4-14(9-15)20(22)23/h3-9,16,26-27H,10-12H2,1-2H3,(H3,22,23)(H,24,28)(H,25,29). The van der Waals surface area contributed by atoms with E-state index in [-0.39, 0.29) is 18.9 Å². The Kier molecular flexibility index (Phi) is 8.64. The first-order valence-electron chi connectivity index (χ1n) is 9.45. The van der Waals surface area contributed by atoms with E-state index >= 15 is 0 Å². The van der Waals surface area contributed by atoms with Crippen LogP contribution in [0.1, 0.15) is 11.1 Å². The molecule has 2 aromatic rings. The Hall–Kier alpha value is -3.79. The number of carbonyl (C=O) groups excluding carboxylic acids is 2. The van der Waals surface area contributed by atoms with Gasteiger partial charge in [-0.15, -0.1) is 0 Å². The molecular formula is C21H27N5O5. The van der Waals surface area contributed by atoms with Crippen molar-refractivity contribution in [3.05, 3.63) is 53.6 Å². The molecule has 0 aliphatic carbocycles. The Bertz CT molecular complexity index is 934. The van der Waals surface area contributed by atoms with E-state index in [1.807, 2.05) is 0 Å². The van der Waals surface area contributed by atoms with E-state index in [1.54, 1.807) is 42.5 Å². The minimum atomic E-state index is -0.971. The highest BCUT2D eigenvalue weighted by Crippen LogP contribution is 2.27. The summed E-state index contributed by atoms with van der Waals surface area (Å²) in [4.78, 5) is 24.4. The Morgan fingerprint density at radius 3 is 2.48 bits per heavy atom. The summed E-state index contributed by atoms with van der Waals surface area (Å²) in [7, 11) is 3.06. The highest BCUT2D eigenvalue weighted by atomic mass is 16.5. The number of nitrogens with one attached hydrogen (secondary N) is 4. The van der Waals surface area contributed by atoms with Crippen molar-refractivity contribution in [3.8, 4) is 11.5 Å². The normalized spacial score (nSPS) is 11.2. The van der Waals surface area contributed by atoms with E-state index in [4.69, 9.17) is 20.6 Å². The van der Waals surface area contributed by atoms with Gasteiger partial charge in [-0.1, -0.05) is 18.2 Å². The molecule has 1 unspecified atom stereocenters. The van der Waals surface area contributed by atoms with Crippen LogP contribution in [0, 0.1) is 5.41 Å². The van der Waals surface area contributed by atoms with Crippen molar-refractivity contribution >= 4 is 23.3 Å². The maximum atomic E-state index is 12.3. The molecule has 31 heavy (non-hydrogen) atoms. The third kappa shape index (κ3) is 6.89. The molecule has 0 saturated carbocycles. The molecule has 0 spiro atoms. The smallest absolute Gasteiger partial charge is 0.245 e. The van der Waals surface area contributed by atoms with Gasteiger partial charge in [0.2, 0.25) is 11.8 Å². The Labute approximate surface area is 180 Å². The first-order valence-corrected chi connectivity index (χ1v) is 9.45. The van der Waals surface area contributed by atoms with E-state index in [2.05, 4.69) is 16.0 Å². The summed E-state index contributed by atoms with van der Waals surface area (Å²) in [6, 6.07) is 10.9. The molecule has 7 N–H and O–H groups in total. The number of benzene rings is 2. The topological polar surface area (TPSA) is 159 Å². The minimum absolute atomic E-state index is 0.111. The lowest BCUT2D eigenvalue weighted by Crippen LogP contribution is -2.45. The van der Waals surface area contributed by atoms with Gasteiger partial charge in [0, 0.05) is 17.8 Å². The fraction of sp³-hybridized carbons (Fsp3) is 0.286. The van der Waals surface area contributed by atoms with Gasteiger partial charge in [-0.25, -0.2) is 0 Å². The number of hydrogen-bond acceptors (Lipinski definition) is 7. The maximum Gasteiger partial charge on any atom is 0.245 e. The van der Waals surface area contributed by atoms with Crippen LogP contribution in [0.4, 0.5) is 5.69 Å². The van der Waals surface area contributed by atoms with Crippen LogP contribution in [0.3, 0.4) is 0 Å². The number of ether oxygens (including phenoxy) is 2. The zero-order valence-electron chi connectivity index (χ0n) is 17.4. The van der Waals surface area contributed by atoms with Crippen molar-refractivity contribution in [2.75, 3.05) is 32.7 Å². The van der Waals surface area contributed by atoms with Crippen LogP contribution in [0.15, 0.2) is 42.5 Å². The van der Waals surface area contributed by atoms with Gasteiger partial charge in [-0.2, -0.15) is 0 Å². The van der Waals surface area contributed by atoms with Crippen molar-refractivity contribution in [1.82, 2.24) is 10.6 Å². The number of methoxy groups -OCH3 is 2. The predicted molar refractivity (Wildman–Crippen MR) is 116 cm³/mol. The Balaban J connectivity index is 1.85. The van der Waals surface area contributed by atoms with Gasteiger partial charge in [0.25, 0.3) is 0 Å². The Morgan fingerprint density at radius 2 is 1.84 bits per heavy atom. The SMILES string of the molecule is COc1ccc(CNC(=O)CNC(=O)C(CO)Nc2cccc(C(=N)N)c2)cc1OC. The summed E-state index contributed by atoms with van der Waals surface area (Å²) >= 11 is 0. The number of aliphatic hydroxyl groups is 1. The quantitative estimate of drug-likeness (QED) is 0.220. The third-order valence-electron chi connectivity index (χ3n) is 4.37. The molecule has 2 rings (SSSR count). The molecule has 1 atom stereocenters. The molecule has 166 valence electrons. The van der Waals surface area contributed by atoms with Crippen molar-refractivity contribution in [3.63, 3.8) is 0 Å². The largest absolute Gasteiger partial charge is 0.493 e.